The van der Waals surface area contributed by atoms with Crippen LogP contribution in [-0.2, 0) is 11.2 Å². The minimum absolute atomic E-state index is 0.00730. The molecule has 0 aliphatic heterocycles. The van der Waals surface area contributed by atoms with Crippen LogP contribution in [0.15, 0.2) is 86.0 Å². The highest BCUT2D eigenvalue weighted by Gasteiger charge is 2.48. The van der Waals surface area contributed by atoms with Crippen molar-refractivity contribution in [2.45, 2.75) is 43.2 Å². The first-order chi connectivity index (χ1) is 19.6. The van der Waals surface area contributed by atoms with Crippen molar-refractivity contribution in [3.8, 4) is 11.5 Å². The average molecular weight is 567 g/mol. The van der Waals surface area contributed by atoms with Gasteiger partial charge in [-0.15, -0.1) is 13.2 Å². The van der Waals surface area contributed by atoms with Crippen molar-refractivity contribution in [2.75, 3.05) is 7.11 Å². The number of rotatable bonds is 8. The summed E-state index contributed by atoms with van der Waals surface area (Å²) in [5.74, 6) is 0.713. The lowest BCUT2D eigenvalue weighted by Crippen LogP contribution is -2.30. The number of alkyl halides is 3. The van der Waals surface area contributed by atoms with Crippen molar-refractivity contribution in [2.24, 2.45) is 11.8 Å². The van der Waals surface area contributed by atoms with E-state index in [0.29, 0.717) is 11.1 Å². The number of hydrogen-bond acceptors (Lipinski definition) is 8. The van der Waals surface area contributed by atoms with Crippen LogP contribution in [-0.4, -0.2) is 43.6 Å². The summed E-state index contributed by atoms with van der Waals surface area (Å²) < 4.78 is 45.6. The van der Waals surface area contributed by atoms with Gasteiger partial charge in [0.25, 0.3) is 0 Å². The summed E-state index contributed by atoms with van der Waals surface area (Å²) >= 11 is 0. The molecule has 2 aliphatic rings. The fraction of sp³-hybridized carbons (Fsp3) is 0.333. The summed E-state index contributed by atoms with van der Waals surface area (Å²) in [5.41, 5.74) is 0.362. The summed E-state index contributed by atoms with van der Waals surface area (Å²) in [6.45, 7) is 0. The minimum atomic E-state index is -4.73. The van der Waals surface area contributed by atoms with Crippen LogP contribution in [0.25, 0.3) is 0 Å². The van der Waals surface area contributed by atoms with Crippen molar-refractivity contribution in [3.05, 3.63) is 108 Å². The van der Waals surface area contributed by atoms with E-state index in [-0.39, 0.29) is 17.6 Å². The Hall–Kier alpha value is -4.09. The zero-order valence-corrected chi connectivity index (χ0v) is 22.2. The number of methoxy groups -OCH3 is 1. The quantitative estimate of drug-likeness (QED) is 0.301. The van der Waals surface area contributed by atoms with Crippen LogP contribution in [0.5, 0.6) is 11.5 Å². The molecule has 0 saturated heterocycles. The molecule has 2 fully saturated rings. The Morgan fingerprint density at radius 1 is 0.610 bits per heavy atom. The van der Waals surface area contributed by atoms with E-state index >= 15 is 0 Å². The van der Waals surface area contributed by atoms with E-state index < -0.39 is 17.6 Å². The molecular weight excluding hydrogens is 537 g/mol. The van der Waals surface area contributed by atoms with E-state index in [9.17, 15) is 23.4 Å². The van der Waals surface area contributed by atoms with Crippen LogP contribution < -0.4 is 9.47 Å². The Morgan fingerprint density at radius 3 is 1.29 bits per heavy atom. The summed E-state index contributed by atoms with van der Waals surface area (Å²) in [4.78, 5) is 15.9. The van der Waals surface area contributed by atoms with Gasteiger partial charge in [0.15, 0.2) is 0 Å². The second kappa shape index (κ2) is 11.4. The number of halogens is 3. The van der Waals surface area contributed by atoms with Crippen LogP contribution in [0.3, 0.4) is 0 Å². The fourth-order valence-corrected chi connectivity index (χ4v) is 5.03. The molecule has 0 spiro atoms. The lowest BCUT2D eigenvalue weighted by molar-refractivity contribution is -0.274. The van der Waals surface area contributed by atoms with E-state index in [1.165, 1.54) is 49.3 Å². The van der Waals surface area contributed by atoms with Crippen molar-refractivity contribution >= 4 is 0 Å². The van der Waals surface area contributed by atoms with Gasteiger partial charge in [0.1, 0.15) is 35.4 Å². The van der Waals surface area contributed by atoms with E-state index in [4.69, 9.17) is 4.74 Å². The van der Waals surface area contributed by atoms with Crippen molar-refractivity contribution in [3.63, 3.8) is 0 Å². The Balaban J connectivity index is 0.000000166. The standard InChI is InChI=1S/C15H13F3N2O2.C15H16N2O2/c16-15(17,18)22-13-5-3-11(4-6-13)14(21,10-1-2-10)12-7-19-9-20-8-12;1-19-14-6-4-12(5-7-14)15(18,11-2-3-11)13-8-16-10-17-9-13/h3-10,21H,1-2H2;4-11,18H,2-3H2,1H3. The highest BCUT2D eigenvalue weighted by atomic mass is 19.4. The van der Waals surface area contributed by atoms with Crippen LogP contribution in [0.2, 0.25) is 0 Å². The van der Waals surface area contributed by atoms with Gasteiger partial charge in [0.05, 0.1) is 7.11 Å². The van der Waals surface area contributed by atoms with Crippen LogP contribution in [0.1, 0.15) is 47.9 Å². The third-order valence-corrected chi connectivity index (χ3v) is 7.40. The van der Waals surface area contributed by atoms with Gasteiger partial charge in [-0.3, -0.25) is 0 Å². The summed E-state index contributed by atoms with van der Waals surface area (Å²) in [6, 6.07) is 12.8. The molecule has 0 amide bonds. The Bertz CT molecular complexity index is 1420. The number of benzene rings is 2. The molecule has 4 aromatic rings. The smallest absolute Gasteiger partial charge is 0.497 e. The summed E-state index contributed by atoms with van der Waals surface area (Å²) in [7, 11) is 1.63. The number of nitrogens with zero attached hydrogens (tertiary/aromatic N) is 4. The molecule has 8 nitrogen and oxygen atoms in total. The van der Waals surface area contributed by atoms with Gasteiger partial charge in [-0.05, 0) is 72.9 Å². The molecule has 0 radical (unpaired) electrons. The third kappa shape index (κ3) is 6.31. The normalized spacial score (nSPS) is 17.8. The number of hydrogen-bond donors (Lipinski definition) is 2. The number of ether oxygens (including phenoxy) is 2. The number of aromatic nitrogens is 4. The second-order valence-electron chi connectivity index (χ2n) is 10.1. The highest BCUT2D eigenvalue weighted by molar-refractivity contribution is 5.40. The largest absolute Gasteiger partial charge is 0.573 e. The molecule has 41 heavy (non-hydrogen) atoms. The molecule has 6 rings (SSSR count). The highest BCUT2D eigenvalue weighted by Crippen LogP contribution is 2.50. The van der Waals surface area contributed by atoms with E-state index in [1.54, 1.807) is 19.5 Å². The van der Waals surface area contributed by atoms with Crippen molar-refractivity contribution < 1.29 is 32.9 Å². The van der Waals surface area contributed by atoms with Crippen LogP contribution in [0.4, 0.5) is 13.2 Å². The van der Waals surface area contributed by atoms with Gasteiger partial charge in [0.2, 0.25) is 0 Å². The maximum absolute atomic E-state index is 12.2. The predicted octanol–water partition coefficient (Wildman–Crippen LogP) is 5.15. The van der Waals surface area contributed by atoms with E-state index in [0.717, 1.165) is 42.6 Å². The third-order valence-electron chi connectivity index (χ3n) is 7.40. The Morgan fingerprint density at radius 2 is 0.976 bits per heavy atom. The Kier molecular flexibility index (Phi) is 7.92. The number of aliphatic hydroxyl groups is 2. The molecule has 2 atom stereocenters. The molecular formula is C30H29F3N4O4. The first kappa shape index (κ1) is 28.4. The molecule has 2 aromatic heterocycles. The SMILES string of the molecule is COc1ccc(C(O)(c2cncnc2)C2CC2)cc1.OC(c1ccc(OC(F)(F)F)cc1)(c1cncnc1)C1CC1. The average Bonchev–Trinajstić information content (AvgIpc) is 3.90. The molecule has 11 heteroatoms. The zero-order valence-electron chi connectivity index (χ0n) is 22.2. The van der Waals surface area contributed by atoms with Gasteiger partial charge in [-0.1, -0.05) is 24.3 Å². The first-order valence-corrected chi connectivity index (χ1v) is 13.1. The molecule has 2 aliphatic carbocycles. The van der Waals surface area contributed by atoms with E-state index in [2.05, 4.69) is 24.7 Å². The fourth-order valence-electron chi connectivity index (χ4n) is 5.03. The summed E-state index contributed by atoms with van der Waals surface area (Å²) in [6.07, 6.45) is 8.25. The van der Waals surface area contributed by atoms with Gasteiger partial charge in [-0.2, -0.15) is 0 Å². The van der Waals surface area contributed by atoms with Crippen LogP contribution >= 0.6 is 0 Å². The van der Waals surface area contributed by atoms with Gasteiger partial charge >= 0.3 is 6.36 Å². The lowest BCUT2D eigenvalue weighted by atomic mass is 9.83. The monoisotopic (exact) mass is 566 g/mol. The van der Waals surface area contributed by atoms with Crippen molar-refractivity contribution in [1.29, 1.82) is 0 Å². The first-order valence-electron chi connectivity index (χ1n) is 13.1. The van der Waals surface area contributed by atoms with Crippen molar-refractivity contribution in [1.82, 2.24) is 19.9 Å². The van der Waals surface area contributed by atoms with Crippen LogP contribution in [0, 0.1) is 11.8 Å². The maximum Gasteiger partial charge on any atom is 0.573 e. The Labute approximate surface area is 234 Å². The molecule has 2 unspecified atom stereocenters. The summed E-state index contributed by atoms with van der Waals surface area (Å²) in [5, 5.41) is 22.2. The second-order valence-corrected chi connectivity index (χ2v) is 10.1. The van der Waals surface area contributed by atoms with Gasteiger partial charge in [0, 0.05) is 35.9 Å². The van der Waals surface area contributed by atoms with Gasteiger partial charge < -0.3 is 19.7 Å². The molecule has 214 valence electrons. The topological polar surface area (TPSA) is 110 Å². The predicted molar refractivity (Wildman–Crippen MR) is 142 cm³/mol. The molecule has 2 heterocycles. The minimum Gasteiger partial charge on any atom is -0.497 e. The van der Waals surface area contributed by atoms with E-state index in [1.807, 2.05) is 24.3 Å². The molecule has 0 bridgehead atoms. The van der Waals surface area contributed by atoms with Gasteiger partial charge in [-0.25, -0.2) is 19.9 Å². The zero-order chi connectivity index (χ0) is 29.1. The lowest BCUT2D eigenvalue weighted by Gasteiger charge is -2.29. The molecule has 2 N–H and O–H groups in total. The molecule has 2 aromatic carbocycles. The maximum atomic E-state index is 12.2. The molecule has 2 saturated carbocycles.